The number of para-hydroxylation sites is 1. The molecule has 0 aliphatic heterocycles. The Hall–Kier alpha value is -2.23. The largest absolute Gasteiger partial charge is 0.275 e. The second-order valence-corrected chi connectivity index (χ2v) is 6.34. The first kappa shape index (κ1) is 14.4. The summed E-state index contributed by atoms with van der Waals surface area (Å²) >= 11 is 6.74. The van der Waals surface area contributed by atoms with Crippen LogP contribution in [0.15, 0.2) is 66.7 Å². The Morgan fingerprint density at radius 3 is 2.35 bits per heavy atom. The molecule has 2 heterocycles. The maximum absolute atomic E-state index is 6.74. The third-order valence-corrected chi connectivity index (χ3v) is 4.73. The van der Waals surface area contributed by atoms with Gasteiger partial charge in [0.2, 0.25) is 0 Å². The van der Waals surface area contributed by atoms with Gasteiger partial charge in [0.25, 0.3) is 0 Å². The van der Waals surface area contributed by atoms with E-state index in [9.17, 15) is 0 Å². The van der Waals surface area contributed by atoms with E-state index in [4.69, 9.17) is 11.6 Å². The summed E-state index contributed by atoms with van der Waals surface area (Å²) in [4.78, 5) is 2.00. The van der Waals surface area contributed by atoms with E-state index in [1.54, 1.807) is 0 Å². The summed E-state index contributed by atoms with van der Waals surface area (Å²) < 4.78 is 4.35. The second kappa shape index (κ2) is 5.44. The summed E-state index contributed by atoms with van der Waals surface area (Å²) in [5, 5.41) is 1.22. The molecule has 0 aliphatic carbocycles. The van der Waals surface area contributed by atoms with Crippen LogP contribution in [0.2, 0.25) is 0 Å². The predicted octanol–water partition coefficient (Wildman–Crippen LogP) is 4.82. The third-order valence-electron chi connectivity index (χ3n) is 4.16. The number of aromatic nitrogens is 2. The van der Waals surface area contributed by atoms with E-state index in [1.165, 1.54) is 5.39 Å². The highest BCUT2D eigenvalue weighted by molar-refractivity contribution is 6.19. The van der Waals surface area contributed by atoms with E-state index in [1.807, 2.05) is 25.1 Å². The van der Waals surface area contributed by atoms with Crippen molar-refractivity contribution in [1.29, 1.82) is 0 Å². The smallest absolute Gasteiger partial charge is 0.178 e. The fraction of sp³-hybridized carbons (Fsp3) is 0.158. The highest BCUT2D eigenvalue weighted by atomic mass is 35.5. The van der Waals surface area contributed by atoms with Crippen LogP contribution in [0.25, 0.3) is 27.7 Å². The normalized spacial score (nSPS) is 13.2. The molecule has 4 aromatic rings. The number of benzene rings is 2. The van der Waals surface area contributed by atoms with Crippen molar-refractivity contribution in [2.75, 3.05) is 14.1 Å². The molecule has 4 rings (SSSR count). The second-order valence-electron chi connectivity index (χ2n) is 5.95. The molecule has 0 fully saturated rings. The van der Waals surface area contributed by atoms with Gasteiger partial charge in [0, 0.05) is 5.39 Å². The van der Waals surface area contributed by atoms with E-state index in [0.717, 1.165) is 22.3 Å². The van der Waals surface area contributed by atoms with Crippen molar-refractivity contribution in [1.82, 2.24) is 14.1 Å². The quantitative estimate of drug-likeness (QED) is 0.389. The van der Waals surface area contributed by atoms with Crippen molar-refractivity contribution in [3.05, 3.63) is 66.7 Å². The Kier molecular flexibility index (Phi) is 3.40. The number of halogens is 1. The molecule has 0 radical (unpaired) electrons. The molecule has 3 nitrogen and oxygen atoms in total. The first-order chi connectivity index (χ1) is 11.2. The van der Waals surface area contributed by atoms with Gasteiger partial charge in [-0.2, -0.15) is 0 Å². The van der Waals surface area contributed by atoms with Crippen LogP contribution in [0.5, 0.6) is 0 Å². The Balaban J connectivity index is 2.09. The van der Waals surface area contributed by atoms with Gasteiger partial charge in [0.1, 0.15) is 0 Å². The number of hydrogen-bond donors (Lipinski definition) is 0. The molecule has 0 saturated heterocycles. The van der Waals surface area contributed by atoms with Crippen LogP contribution in [0.3, 0.4) is 0 Å². The zero-order valence-corrected chi connectivity index (χ0v) is 13.9. The van der Waals surface area contributed by atoms with Crippen LogP contribution in [-0.4, -0.2) is 28.2 Å². The van der Waals surface area contributed by atoms with E-state index in [2.05, 4.69) is 69.9 Å². The van der Waals surface area contributed by atoms with Gasteiger partial charge in [0.15, 0.2) is 5.62 Å². The molecule has 2 aromatic heterocycles. The van der Waals surface area contributed by atoms with Crippen molar-refractivity contribution in [2.24, 2.45) is 0 Å². The minimum atomic E-state index is -0.279. The molecular formula is C19H18ClN3. The number of nitrogens with zero attached hydrogens (tertiary/aromatic N) is 3. The molecular weight excluding hydrogens is 306 g/mol. The van der Waals surface area contributed by atoms with Gasteiger partial charge in [0.05, 0.1) is 16.7 Å². The van der Waals surface area contributed by atoms with Crippen LogP contribution >= 0.6 is 11.6 Å². The molecule has 1 atom stereocenters. The summed E-state index contributed by atoms with van der Waals surface area (Å²) in [5.41, 5.74) is 4.31. The lowest BCUT2D eigenvalue weighted by Crippen LogP contribution is -2.24. The Bertz CT molecular complexity index is 966. The molecule has 0 aliphatic rings. The standard InChI is InChI=1S/C19H18ClN3/c1-21(2)19(20)23-18(14-8-4-3-5-9-14)13-16-12-15-10-6-7-11-17(15)22(16)23/h3-13,19H,1-2H3. The molecule has 2 aromatic carbocycles. The van der Waals surface area contributed by atoms with Gasteiger partial charge in [-0.1, -0.05) is 60.1 Å². The molecule has 0 spiro atoms. The number of fused-ring (bicyclic) bond motifs is 3. The molecule has 4 heteroatoms. The summed E-state index contributed by atoms with van der Waals surface area (Å²) in [6.45, 7) is 0. The summed E-state index contributed by atoms with van der Waals surface area (Å²) in [5.74, 6) is 0. The predicted molar refractivity (Wildman–Crippen MR) is 96.9 cm³/mol. The molecule has 116 valence electrons. The summed E-state index contributed by atoms with van der Waals surface area (Å²) in [7, 11) is 3.98. The first-order valence-electron chi connectivity index (χ1n) is 7.64. The lowest BCUT2D eigenvalue weighted by atomic mass is 10.1. The maximum atomic E-state index is 6.74. The minimum absolute atomic E-state index is 0.279. The van der Waals surface area contributed by atoms with E-state index in [-0.39, 0.29) is 5.62 Å². The van der Waals surface area contributed by atoms with Crippen LogP contribution in [0.1, 0.15) is 5.62 Å². The SMILES string of the molecule is CN(C)C(Cl)n1c(-c2ccccc2)cc2cc3ccccc3n21. The number of rotatable bonds is 3. The van der Waals surface area contributed by atoms with Crippen LogP contribution in [0, 0.1) is 0 Å². The van der Waals surface area contributed by atoms with Gasteiger partial charge in [-0.05, 0) is 37.9 Å². The zero-order chi connectivity index (χ0) is 16.0. The average Bonchev–Trinajstić information content (AvgIpc) is 3.10. The number of hydrogen-bond acceptors (Lipinski definition) is 1. The Morgan fingerprint density at radius 1 is 0.913 bits per heavy atom. The first-order valence-corrected chi connectivity index (χ1v) is 8.08. The lowest BCUT2D eigenvalue weighted by molar-refractivity contribution is 0.285. The molecule has 0 amide bonds. The summed E-state index contributed by atoms with van der Waals surface area (Å²) in [6.07, 6.45) is 0. The van der Waals surface area contributed by atoms with E-state index < -0.39 is 0 Å². The number of alkyl halides is 1. The Labute approximate surface area is 140 Å². The van der Waals surface area contributed by atoms with Gasteiger partial charge in [-0.3, -0.25) is 9.42 Å². The van der Waals surface area contributed by atoms with Crippen molar-refractivity contribution in [2.45, 2.75) is 5.62 Å². The van der Waals surface area contributed by atoms with Crippen molar-refractivity contribution in [3.8, 4) is 11.3 Å². The topological polar surface area (TPSA) is 12.6 Å². The fourth-order valence-corrected chi connectivity index (χ4v) is 3.26. The van der Waals surface area contributed by atoms with Gasteiger partial charge >= 0.3 is 0 Å². The highest BCUT2D eigenvalue weighted by Gasteiger charge is 2.20. The molecule has 0 bridgehead atoms. The highest BCUT2D eigenvalue weighted by Crippen LogP contribution is 2.32. The van der Waals surface area contributed by atoms with Crippen molar-refractivity contribution < 1.29 is 0 Å². The fourth-order valence-electron chi connectivity index (χ4n) is 3.07. The monoisotopic (exact) mass is 323 g/mol. The van der Waals surface area contributed by atoms with Crippen LogP contribution < -0.4 is 0 Å². The van der Waals surface area contributed by atoms with Crippen LogP contribution in [-0.2, 0) is 0 Å². The zero-order valence-electron chi connectivity index (χ0n) is 13.1. The molecule has 0 N–H and O–H groups in total. The van der Waals surface area contributed by atoms with Gasteiger partial charge in [-0.25, -0.2) is 4.68 Å². The summed E-state index contributed by atoms with van der Waals surface area (Å²) in [6, 6.07) is 23.2. The molecule has 23 heavy (non-hydrogen) atoms. The van der Waals surface area contributed by atoms with E-state index in [0.29, 0.717) is 0 Å². The van der Waals surface area contributed by atoms with Gasteiger partial charge < -0.3 is 0 Å². The van der Waals surface area contributed by atoms with Gasteiger partial charge in [-0.15, -0.1) is 0 Å². The average molecular weight is 324 g/mol. The third kappa shape index (κ3) is 2.24. The van der Waals surface area contributed by atoms with E-state index >= 15 is 0 Å². The minimum Gasteiger partial charge on any atom is -0.275 e. The Morgan fingerprint density at radius 2 is 1.61 bits per heavy atom. The van der Waals surface area contributed by atoms with Crippen molar-refractivity contribution in [3.63, 3.8) is 0 Å². The molecule has 0 saturated carbocycles. The maximum Gasteiger partial charge on any atom is 0.178 e. The van der Waals surface area contributed by atoms with Crippen molar-refractivity contribution >= 4 is 28.0 Å². The molecule has 1 unspecified atom stereocenters. The van der Waals surface area contributed by atoms with Crippen LogP contribution in [0.4, 0.5) is 0 Å². The lowest BCUT2D eigenvalue weighted by Gasteiger charge is -2.23.